The third-order valence-corrected chi connectivity index (χ3v) is 5.79. The van der Waals surface area contributed by atoms with Crippen LogP contribution in [0.3, 0.4) is 0 Å². The van der Waals surface area contributed by atoms with Gasteiger partial charge in [-0.15, -0.1) is 0 Å². The van der Waals surface area contributed by atoms with E-state index in [0.29, 0.717) is 5.82 Å². The van der Waals surface area contributed by atoms with Gasteiger partial charge in [0.05, 0.1) is 18.3 Å². The molecule has 0 bridgehead atoms. The van der Waals surface area contributed by atoms with Crippen LogP contribution >= 0.6 is 11.8 Å². The van der Waals surface area contributed by atoms with Gasteiger partial charge < -0.3 is 10.6 Å². The number of carbonyl (C=O) groups excluding carboxylic acids is 2. The molecular formula is C24H26N4O2S. The summed E-state index contributed by atoms with van der Waals surface area (Å²) in [5, 5.41) is 5.76. The number of hydrogen-bond acceptors (Lipinski definition) is 5. The minimum absolute atomic E-state index is 0.0740. The van der Waals surface area contributed by atoms with Crippen LogP contribution < -0.4 is 10.6 Å². The van der Waals surface area contributed by atoms with Gasteiger partial charge in [-0.25, -0.2) is 4.98 Å². The molecule has 0 aliphatic carbocycles. The first kappa shape index (κ1) is 22.5. The smallest absolute Gasteiger partial charge is 0.241 e. The van der Waals surface area contributed by atoms with Gasteiger partial charge in [-0.3, -0.25) is 14.5 Å². The zero-order valence-corrected chi connectivity index (χ0v) is 18.6. The van der Waals surface area contributed by atoms with Crippen molar-refractivity contribution in [2.24, 2.45) is 0 Å². The lowest BCUT2D eigenvalue weighted by atomic mass is 10.2. The first-order valence-electron chi connectivity index (χ1n) is 9.99. The van der Waals surface area contributed by atoms with E-state index in [2.05, 4.69) is 15.6 Å². The fourth-order valence-corrected chi connectivity index (χ4v) is 3.79. The van der Waals surface area contributed by atoms with Gasteiger partial charge in [0.1, 0.15) is 5.82 Å². The summed E-state index contributed by atoms with van der Waals surface area (Å²) < 4.78 is 0. The van der Waals surface area contributed by atoms with Gasteiger partial charge in [-0.2, -0.15) is 0 Å². The van der Waals surface area contributed by atoms with Crippen LogP contribution in [0.2, 0.25) is 0 Å². The fraction of sp³-hybridized carbons (Fsp3) is 0.208. The van der Waals surface area contributed by atoms with Crippen LogP contribution in [0.4, 0.5) is 11.5 Å². The number of hydrogen-bond donors (Lipinski definition) is 2. The number of rotatable bonds is 8. The fourth-order valence-electron chi connectivity index (χ4n) is 2.87. The lowest BCUT2D eigenvalue weighted by molar-refractivity contribution is -0.122. The predicted octanol–water partition coefficient (Wildman–Crippen LogP) is 4.44. The number of benzene rings is 2. The van der Waals surface area contributed by atoms with E-state index < -0.39 is 6.04 Å². The molecule has 160 valence electrons. The van der Waals surface area contributed by atoms with Crippen LogP contribution in [-0.2, 0) is 9.59 Å². The molecule has 31 heavy (non-hydrogen) atoms. The number of nitrogens with one attached hydrogen (secondary N) is 2. The molecule has 0 spiro atoms. The van der Waals surface area contributed by atoms with Crippen LogP contribution in [0, 0.1) is 6.92 Å². The molecular weight excluding hydrogens is 408 g/mol. The molecule has 1 aromatic heterocycles. The molecule has 0 fully saturated rings. The second-order valence-corrected chi connectivity index (χ2v) is 8.32. The molecule has 7 heteroatoms. The standard InChI is InChI=1S/C24H26N4O2S/c1-17-10-9-15-22(25-17)27-23(29)16-28(3)18(2)24(30)26-20-13-7-8-14-21(20)31-19-11-5-4-6-12-19/h4-15,18H,16H2,1-3H3,(H,26,30)(H,25,27,29). The Morgan fingerprint density at radius 2 is 1.68 bits per heavy atom. The van der Waals surface area contributed by atoms with Crippen molar-refractivity contribution in [2.45, 2.75) is 29.7 Å². The zero-order chi connectivity index (χ0) is 22.2. The molecule has 0 aliphatic rings. The molecule has 3 aromatic rings. The van der Waals surface area contributed by atoms with Crippen molar-refractivity contribution in [1.82, 2.24) is 9.88 Å². The normalized spacial score (nSPS) is 11.7. The van der Waals surface area contributed by atoms with Gasteiger partial charge in [-0.1, -0.05) is 48.2 Å². The summed E-state index contributed by atoms with van der Waals surface area (Å²) in [6, 6.07) is 22.6. The summed E-state index contributed by atoms with van der Waals surface area (Å²) in [4.78, 5) is 33.2. The lowest BCUT2D eigenvalue weighted by Crippen LogP contribution is -2.43. The largest absolute Gasteiger partial charge is 0.324 e. The van der Waals surface area contributed by atoms with E-state index in [1.807, 2.05) is 73.7 Å². The van der Waals surface area contributed by atoms with E-state index in [9.17, 15) is 9.59 Å². The van der Waals surface area contributed by atoms with Crippen molar-refractivity contribution in [3.63, 3.8) is 0 Å². The Kier molecular flexibility index (Phi) is 7.81. The van der Waals surface area contributed by atoms with Gasteiger partial charge in [0, 0.05) is 15.5 Å². The minimum Gasteiger partial charge on any atom is -0.324 e. The van der Waals surface area contributed by atoms with E-state index in [1.54, 1.807) is 36.7 Å². The van der Waals surface area contributed by atoms with Gasteiger partial charge in [-0.05, 0) is 57.3 Å². The van der Waals surface area contributed by atoms with Crippen molar-refractivity contribution in [1.29, 1.82) is 0 Å². The van der Waals surface area contributed by atoms with Crippen molar-refractivity contribution < 1.29 is 9.59 Å². The molecule has 2 N–H and O–H groups in total. The van der Waals surface area contributed by atoms with Crippen LogP contribution in [-0.4, -0.2) is 41.3 Å². The predicted molar refractivity (Wildman–Crippen MR) is 125 cm³/mol. The molecule has 1 unspecified atom stereocenters. The minimum atomic E-state index is -0.494. The summed E-state index contributed by atoms with van der Waals surface area (Å²) in [6.07, 6.45) is 0. The first-order valence-corrected chi connectivity index (χ1v) is 10.8. The summed E-state index contributed by atoms with van der Waals surface area (Å²) in [5.74, 6) is 0.104. The Balaban J connectivity index is 1.59. The van der Waals surface area contributed by atoms with E-state index >= 15 is 0 Å². The third-order valence-electron chi connectivity index (χ3n) is 4.71. The summed E-state index contributed by atoms with van der Waals surface area (Å²) in [6.45, 7) is 3.72. The molecule has 0 saturated heterocycles. The number of nitrogens with zero attached hydrogens (tertiary/aromatic N) is 2. The molecule has 1 atom stereocenters. The first-order chi connectivity index (χ1) is 14.9. The Bertz CT molecular complexity index is 1040. The highest BCUT2D eigenvalue weighted by Crippen LogP contribution is 2.33. The van der Waals surface area contributed by atoms with Crippen LogP contribution in [0.5, 0.6) is 0 Å². The monoisotopic (exact) mass is 434 g/mol. The van der Waals surface area contributed by atoms with Crippen LogP contribution in [0.1, 0.15) is 12.6 Å². The van der Waals surface area contributed by atoms with E-state index in [4.69, 9.17) is 0 Å². The number of aryl methyl sites for hydroxylation is 1. The quantitative estimate of drug-likeness (QED) is 0.548. The number of amides is 2. The molecule has 1 heterocycles. The molecule has 6 nitrogen and oxygen atoms in total. The number of anilines is 2. The number of aromatic nitrogens is 1. The maximum absolute atomic E-state index is 12.8. The topological polar surface area (TPSA) is 74.3 Å². The molecule has 0 aliphatic heterocycles. The van der Waals surface area contributed by atoms with Gasteiger partial charge >= 0.3 is 0 Å². The highest BCUT2D eigenvalue weighted by Gasteiger charge is 2.21. The van der Waals surface area contributed by atoms with Gasteiger partial charge in [0.2, 0.25) is 11.8 Å². The molecule has 2 amide bonds. The van der Waals surface area contributed by atoms with Crippen LogP contribution in [0.25, 0.3) is 0 Å². The van der Waals surface area contributed by atoms with Crippen molar-refractivity contribution >= 4 is 35.1 Å². The number of carbonyl (C=O) groups is 2. The Labute approximate surface area is 187 Å². The van der Waals surface area contributed by atoms with E-state index in [0.717, 1.165) is 21.2 Å². The average molecular weight is 435 g/mol. The second kappa shape index (κ2) is 10.7. The molecule has 2 aromatic carbocycles. The van der Waals surface area contributed by atoms with Crippen LogP contribution in [0.15, 0.2) is 82.6 Å². The summed E-state index contributed by atoms with van der Waals surface area (Å²) in [5.41, 5.74) is 1.57. The maximum Gasteiger partial charge on any atom is 0.241 e. The van der Waals surface area contributed by atoms with Gasteiger partial charge in [0.25, 0.3) is 0 Å². The highest BCUT2D eigenvalue weighted by atomic mass is 32.2. The molecule has 0 saturated carbocycles. The Morgan fingerprint density at radius 3 is 2.42 bits per heavy atom. The van der Waals surface area contributed by atoms with Crippen molar-refractivity contribution in [2.75, 3.05) is 24.2 Å². The molecule has 3 rings (SSSR count). The number of para-hydroxylation sites is 1. The average Bonchev–Trinajstić information content (AvgIpc) is 2.75. The number of likely N-dealkylation sites (N-methyl/N-ethyl adjacent to an activating group) is 1. The van der Waals surface area contributed by atoms with E-state index in [1.165, 1.54) is 0 Å². The summed E-state index contributed by atoms with van der Waals surface area (Å²) >= 11 is 1.59. The second-order valence-electron chi connectivity index (χ2n) is 7.20. The Morgan fingerprint density at radius 1 is 0.968 bits per heavy atom. The van der Waals surface area contributed by atoms with E-state index in [-0.39, 0.29) is 18.4 Å². The van der Waals surface area contributed by atoms with Crippen molar-refractivity contribution in [3.05, 3.63) is 78.5 Å². The molecule has 0 radical (unpaired) electrons. The third kappa shape index (κ3) is 6.67. The number of pyridine rings is 1. The lowest BCUT2D eigenvalue weighted by Gasteiger charge is -2.23. The summed E-state index contributed by atoms with van der Waals surface area (Å²) in [7, 11) is 1.75. The van der Waals surface area contributed by atoms with Crippen molar-refractivity contribution in [3.8, 4) is 0 Å². The SMILES string of the molecule is Cc1cccc(NC(=O)CN(C)C(C)C(=O)Nc2ccccc2Sc2ccccc2)n1. The highest BCUT2D eigenvalue weighted by molar-refractivity contribution is 7.99. The zero-order valence-electron chi connectivity index (χ0n) is 17.8. The van der Waals surface area contributed by atoms with Gasteiger partial charge in [0.15, 0.2) is 0 Å². The maximum atomic E-state index is 12.8. The Hall–Kier alpha value is -3.16.